The number of benzene rings is 1. The van der Waals surface area contributed by atoms with Crippen molar-refractivity contribution in [3.8, 4) is 0 Å². The normalized spacial score (nSPS) is 10.4. The number of hydrogen-bond acceptors (Lipinski definition) is 2. The molecule has 18 heavy (non-hydrogen) atoms. The molecule has 0 saturated carbocycles. The molecule has 2 aromatic rings. The molecule has 2 rings (SSSR count). The van der Waals surface area contributed by atoms with Crippen LogP contribution < -0.4 is 4.90 Å². The topological polar surface area (TPSA) is 16.1 Å². The fourth-order valence-electron chi connectivity index (χ4n) is 2.00. The van der Waals surface area contributed by atoms with Gasteiger partial charge in [-0.2, -0.15) is 0 Å². The van der Waals surface area contributed by atoms with Gasteiger partial charge in [-0.05, 0) is 49.2 Å². The van der Waals surface area contributed by atoms with Crippen LogP contribution in [0.25, 0.3) is 0 Å². The van der Waals surface area contributed by atoms with E-state index in [9.17, 15) is 0 Å². The third-order valence-corrected chi connectivity index (χ3v) is 3.14. The zero-order chi connectivity index (χ0) is 13.1. The lowest BCUT2D eigenvalue weighted by atomic mass is 10.1. The largest absolute Gasteiger partial charge is 0.329 e. The van der Waals surface area contributed by atoms with Crippen LogP contribution in [-0.4, -0.2) is 12.0 Å². The zero-order valence-corrected chi connectivity index (χ0v) is 11.7. The maximum atomic E-state index is 5.82. The van der Waals surface area contributed by atoms with E-state index < -0.39 is 0 Å². The van der Waals surface area contributed by atoms with E-state index in [1.54, 1.807) is 0 Å². The van der Waals surface area contributed by atoms with E-state index in [4.69, 9.17) is 11.6 Å². The Labute approximate surface area is 113 Å². The first kappa shape index (κ1) is 12.9. The lowest BCUT2D eigenvalue weighted by Crippen LogP contribution is -2.12. The van der Waals surface area contributed by atoms with Crippen LogP contribution >= 0.6 is 11.6 Å². The molecule has 0 aliphatic carbocycles. The van der Waals surface area contributed by atoms with Gasteiger partial charge in [-0.1, -0.05) is 12.1 Å². The van der Waals surface area contributed by atoms with Crippen LogP contribution in [-0.2, 0) is 5.88 Å². The SMILES string of the molecule is Cc1cc(C)cc(N(C)c2cccc(CCl)n2)c1. The predicted molar refractivity (Wildman–Crippen MR) is 77.8 cm³/mol. The van der Waals surface area contributed by atoms with Gasteiger partial charge in [-0.25, -0.2) is 4.98 Å². The molecular weight excluding hydrogens is 244 g/mol. The number of aromatic nitrogens is 1. The van der Waals surface area contributed by atoms with Crippen molar-refractivity contribution in [3.63, 3.8) is 0 Å². The van der Waals surface area contributed by atoms with Crippen LogP contribution in [0.15, 0.2) is 36.4 Å². The van der Waals surface area contributed by atoms with Crippen LogP contribution in [0, 0.1) is 13.8 Å². The van der Waals surface area contributed by atoms with Crippen LogP contribution in [0.2, 0.25) is 0 Å². The molecule has 0 radical (unpaired) electrons. The van der Waals surface area contributed by atoms with E-state index in [-0.39, 0.29) is 0 Å². The maximum absolute atomic E-state index is 5.82. The van der Waals surface area contributed by atoms with Crippen molar-refractivity contribution in [2.45, 2.75) is 19.7 Å². The van der Waals surface area contributed by atoms with E-state index >= 15 is 0 Å². The minimum absolute atomic E-state index is 0.439. The number of alkyl halides is 1. The molecule has 0 fully saturated rings. The van der Waals surface area contributed by atoms with Crippen molar-refractivity contribution in [2.24, 2.45) is 0 Å². The third-order valence-electron chi connectivity index (χ3n) is 2.87. The Bertz CT molecular complexity index is 532. The highest BCUT2D eigenvalue weighted by molar-refractivity contribution is 6.16. The molecule has 3 heteroatoms. The first-order valence-electron chi connectivity index (χ1n) is 5.94. The third kappa shape index (κ3) is 2.82. The number of pyridine rings is 1. The lowest BCUT2D eigenvalue weighted by Gasteiger charge is -2.20. The van der Waals surface area contributed by atoms with Gasteiger partial charge in [0.2, 0.25) is 0 Å². The van der Waals surface area contributed by atoms with E-state index in [1.165, 1.54) is 11.1 Å². The number of rotatable bonds is 3. The molecule has 1 aromatic heterocycles. The fourth-order valence-corrected chi connectivity index (χ4v) is 2.15. The van der Waals surface area contributed by atoms with Gasteiger partial charge in [0.05, 0.1) is 11.6 Å². The number of anilines is 2. The van der Waals surface area contributed by atoms with Gasteiger partial charge >= 0.3 is 0 Å². The number of nitrogens with zero attached hydrogens (tertiary/aromatic N) is 2. The van der Waals surface area contributed by atoms with E-state index in [0.29, 0.717) is 5.88 Å². The average molecular weight is 261 g/mol. The second-order valence-corrected chi connectivity index (χ2v) is 4.79. The molecule has 1 aromatic carbocycles. The van der Waals surface area contributed by atoms with Crippen molar-refractivity contribution < 1.29 is 0 Å². The molecule has 0 atom stereocenters. The Morgan fingerprint density at radius 2 is 1.78 bits per heavy atom. The van der Waals surface area contributed by atoms with Gasteiger partial charge in [0, 0.05) is 12.7 Å². The summed E-state index contributed by atoms with van der Waals surface area (Å²) < 4.78 is 0. The van der Waals surface area contributed by atoms with Crippen LogP contribution in [0.5, 0.6) is 0 Å². The Hall–Kier alpha value is -1.54. The smallest absolute Gasteiger partial charge is 0.133 e. The average Bonchev–Trinajstić information content (AvgIpc) is 2.37. The van der Waals surface area contributed by atoms with Gasteiger partial charge in [-0.15, -0.1) is 11.6 Å². The quantitative estimate of drug-likeness (QED) is 0.769. The Morgan fingerprint density at radius 1 is 1.11 bits per heavy atom. The summed E-state index contributed by atoms with van der Waals surface area (Å²) in [5, 5.41) is 0. The minimum atomic E-state index is 0.439. The van der Waals surface area contributed by atoms with Crippen molar-refractivity contribution >= 4 is 23.1 Å². The Balaban J connectivity index is 2.37. The molecule has 0 spiro atoms. The van der Waals surface area contributed by atoms with Gasteiger partial charge in [0.15, 0.2) is 0 Å². The fraction of sp³-hybridized carbons (Fsp3) is 0.267. The summed E-state index contributed by atoms with van der Waals surface area (Å²) in [5.74, 6) is 1.35. The van der Waals surface area contributed by atoms with E-state index in [1.807, 2.05) is 25.2 Å². The second kappa shape index (κ2) is 5.40. The molecule has 0 aliphatic rings. The maximum Gasteiger partial charge on any atom is 0.133 e. The lowest BCUT2D eigenvalue weighted by molar-refractivity contribution is 1.08. The van der Waals surface area contributed by atoms with Gasteiger partial charge in [-0.3, -0.25) is 0 Å². The summed E-state index contributed by atoms with van der Waals surface area (Å²) in [6, 6.07) is 12.4. The molecule has 0 unspecified atom stereocenters. The number of hydrogen-bond donors (Lipinski definition) is 0. The molecule has 2 nitrogen and oxygen atoms in total. The number of aryl methyl sites for hydroxylation is 2. The first-order valence-corrected chi connectivity index (χ1v) is 6.47. The summed E-state index contributed by atoms with van der Waals surface area (Å²) in [5.41, 5.74) is 4.55. The molecule has 94 valence electrons. The molecular formula is C15H17ClN2. The van der Waals surface area contributed by atoms with Crippen LogP contribution in [0.1, 0.15) is 16.8 Å². The molecule has 0 bridgehead atoms. The summed E-state index contributed by atoms with van der Waals surface area (Å²) in [4.78, 5) is 6.60. The summed E-state index contributed by atoms with van der Waals surface area (Å²) >= 11 is 5.82. The molecule has 0 saturated heterocycles. The van der Waals surface area contributed by atoms with Crippen LogP contribution in [0.4, 0.5) is 11.5 Å². The van der Waals surface area contributed by atoms with Crippen molar-refractivity contribution in [1.29, 1.82) is 0 Å². The van der Waals surface area contributed by atoms with E-state index in [2.05, 4.69) is 41.9 Å². The highest BCUT2D eigenvalue weighted by Gasteiger charge is 2.07. The predicted octanol–water partition coefficient (Wildman–Crippen LogP) is 4.21. The molecule has 0 N–H and O–H groups in total. The second-order valence-electron chi connectivity index (χ2n) is 4.53. The van der Waals surface area contributed by atoms with E-state index in [0.717, 1.165) is 17.2 Å². The Kier molecular flexibility index (Phi) is 3.87. The zero-order valence-electron chi connectivity index (χ0n) is 10.9. The van der Waals surface area contributed by atoms with Crippen molar-refractivity contribution in [3.05, 3.63) is 53.2 Å². The monoisotopic (exact) mass is 260 g/mol. The van der Waals surface area contributed by atoms with Crippen molar-refractivity contribution in [1.82, 2.24) is 4.98 Å². The standard InChI is InChI=1S/C15H17ClN2/c1-11-7-12(2)9-14(8-11)18(3)15-6-4-5-13(10-16)17-15/h4-9H,10H2,1-3H3. The van der Waals surface area contributed by atoms with Crippen LogP contribution in [0.3, 0.4) is 0 Å². The highest BCUT2D eigenvalue weighted by Crippen LogP contribution is 2.24. The number of halogens is 1. The molecule has 0 amide bonds. The van der Waals surface area contributed by atoms with Crippen molar-refractivity contribution in [2.75, 3.05) is 11.9 Å². The highest BCUT2D eigenvalue weighted by atomic mass is 35.5. The summed E-state index contributed by atoms with van der Waals surface area (Å²) in [7, 11) is 2.02. The Morgan fingerprint density at radius 3 is 2.39 bits per heavy atom. The minimum Gasteiger partial charge on any atom is -0.329 e. The summed E-state index contributed by atoms with van der Waals surface area (Å²) in [6.45, 7) is 4.21. The summed E-state index contributed by atoms with van der Waals surface area (Å²) in [6.07, 6.45) is 0. The first-order chi connectivity index (χ1) is 8.60. The van der Waals surface area contributed by atoms with Gasteiger partial charge in [0.1, 0.15) is 5.82 Å². The molecule has 0 aliphatic heterocycles. The molecule has 1 heterocycles. The van der Waals surface area contributed by atoms with Gasteiger partial charge in [0.25, 0.3) is 0 Å². The van der Waals surface area contributed by atoms with Gasteiger partial charge < -0.3 is 4.90 Å².